The Balaban J connectivity index is 1.75. The number of alkyl halides is 3. The van der Waals surface area contributed by atoms with Crippen molar-refractivity contribution in [3.63, 3.8) is 0 Å². The third-order valence-electron chi connectivity index (χ3n) is 3.73. The molecule has 3 rings (SSSR count). The van der Waals surface area contributed by atoms with E-state index >= 15 is 0 Å². The minimum absolute atomic E-state index is 0.421. The zero-order valence-electron chi connectivity index (χ0n) is 9.82. The van der Waals surface area contributed by atoms with Gasteiger partial charge in [0.2, 0.25) is 0 Å². The van der Waals surface area contributed by atoms with Gasteiger partial charge in [0.1, 0.15) is 0 Å². The molecule has 1 aliphatic heterocycles. The Morgan fingerprint density at radius 1 is 1.22 bits per heavy atom. The van der Waals surface area contributed by atoms with Crippen molar-refractivity contribution in [3.05, 3.63) is 47.5 Å². The van der Waals surface area contributed by atoms with Gasteiger partial charge in [-0.3, -0.25) is 4.90 Å². The maximum atomic E-state index is 12.6. The molecule has 4 heteroatoms. The number of hydrogen-bond acceptors (Lipinski definition) is 1. The fourth-order valence-electron chi connectivity index (χ4n) is 2.86. The van der Waals surface area contributed by atoms with Crippen LogP contribution in [0.1, 0.15) is 17.5 Å². The molecule has 0 spiro atoms. The average Bonchev–Trinajstić information content (AvgIpc) is 2.90. The lowest BCUT2D eigenvalue weighted by Crippen LogP contribution is -2.29. The zero-order valence-corrected chi connectivity index (χ0v) is 9.82. The van der Waals surface area contributed by atoms with Gasteiger partial charge in [-0.05, 0) is 24.0 Å². The van der Waals surface area contributed by atoms with Crippen LogP contribution in [0.3, 0.4) is 0 Å². The molecule has 0 amide bonds. The number of nitrogens with zero attached hydrogens (tertiary/aromatic N) is 1. The van der Waals surface area contributed by atoms with Crippen molar-refractivity contribution in [2.24, 2.45) is 5.92 Å². The first-order valence-corrected chi connectivity index (χ1v) is 6.11. The van der Waals surface area contributed by atoms with E-state index in [0.29, 0.717) is 18.5 Å². The SMILES string of the molecule is FC(F)(F)c1cccc(CN2CC3C=CC2C3)c1. The molecule has 2 aliphatic rings. The van der Waals surface area contributed by atoms with Crippen LogP contribution >= 0.6 is 0 Å². The van der Waals surface area contributed by atoms with Gasteiger partial charge in [-0.15, -0.1) is 0 Å². The van der Waals surface area contributed by atoms with Gasteiger partial charge in [0.15, 0.2) is 0 Å². The first-order chi connectivity index (χ1) is 8.52. The molecule has 2 unspecified atom stereocenters. The number of fused-ring (bicyclic) bond motifs is 2. The summed E-state index contributed by atoms with van der Waals surface area (Å²) in [7, 11) is 0. The highest BCUT2D eigenvalue weighted by atomic mass is 19.4. The lowest BCUT2D eigenvalue weighted by atomic mass is 10.1. The molecular formula is C14H14F3N. The molecule has 1 aromatic carbocycles. The topological polar surface area (TPSA) is 3.24 Å². The van der Waals surface area contributed by atoms with E-state index in [2.05, 4.69) is 17.1 Å². The van der Waals surface area contributed by atoms with E-state index in [0.717, 1.165) is 24.6 Å². The molecule has 18 heavy (non-hydrogen) atoms. The van der Waals surface area contributed by atoms with Gasteiger partial charge in [0.25, 0.3) is 0 Å². The Kier molecular flexibility index (Phi) is 2.70. The fraction of sp³-hybridized carbons (Fsp3) is 0.429. The Morgan fingerprint density at radius 3 is 2.67 bits per heavy atom. The molecule has 96 valence electrons. The quantitative estimate of drug-likeness (QED) is 0.729. The van der Waals surface area contributed by atoms with Crippen LogP contribution in [0.15, 0.2) is 36.4 Å². The standard InChI is InChI=1S/C14H14F3N/c15-14(16,17)12-3-1-2-10(6-12)8-18-9-11-4-5-13(18)7-11/h1-6,11,13H,7-9H2. The van der Waals surface area contributed by atoms with E-state index in [1.54, 1.807) is 6.07 Å². The van der Waals surface area contributed by atoms with Crippen LogP contribution in [0.25, 0.3) is 0 Å². The lowest BCUT2D eigenvalue weighted by molar-refractivity contribution is -0.137. The second kappa shape index (κ2) is 4.12. The molecule has 2 bridgehead atoms. The molecule has 1 aliphatic carbocycles. The normalized spacial score (nSPS) is 27.1. The Bertz CT molecular complexity index is 478. The first kappa shape index (κ1) is 11.8. The largest absolute Gasteiger partial charge is 0.416 e. The smallest absolute Gasteiger partial charge is 0.292 e. The van der Waals surface area contributed by atoms with E-state index < -0.39 is 11.7 Å². The summed E-state index contributed by atoms with van der Waals surface area (Å²) in [6, 6.07) is 6.06. The highest BCUT2D eigenvalue weighted by Gasteiger charge is 2.34. The molecule has 0 radical (unpaired) electrons. The molecule has 1 nitrogen and oxygen atoms in total. The Morgan fingerprint density at radius 2 is 2.06 bits per heavy atom. The number of benzene rings is 1. The highest BCUT2D eigenvalue weighted by molar-refractivity contribution is 5.26. The van der Waals surface area contributed by atoms with E-state index in [1.807, 2.05) is 0 Å². The van der Waals surface area contributed by atoms with Gasteiger partial charge in [-0.25, -0.2) is 0 Å². The van der Waals surface area contributed by atoms with E-state index in [1.165, 1.54) is 12.1 Å². The molecular weight excluding hydrogens is 239 g/mol. The average molecular weight is 253 g/mol. The summed E-state index contributed by atoms with van der Waals surface area (Å²) in [6.07, 6.45) is 1.26. The van der Waals surface area contributed by atoms with Gasteiger partial charge in [0.05, 0.1) is 5.56 Å². The second-order valence-corrected chi connectivity index (χ2v) is 5.08. The van der Waals surface area contributed by atoms with Crippen molar-refractivity contribution in [3.8, 4) is 0 Å². The summed E-state index contributed by atoms with van der Waals surface area (Å²) in [5.41, 5.74) is 0.186. The Labute approximate surface area is 104 Å². The van der Waals surface area contributed by atoms with Crippen molar-refractivity contribution >= 4 is 0 Å². The van der Waals surface area contributed by atoms with E-state index in [-0.39, 0.29) is 0 Å². The minimum Gasteiger partial charge on any atom is -0.292 e. The predicted molar refractivity (Wildman–Crippen MR) is 62.9 cm³/mol. The van der Waals surface area contributed by atoms with Crippen LogP contribution in [0.2, 0.25) is 0 Å². The van der Waals surface area contributed by atoms with Gasteiger partial charge in [0, 0.05) is 19.1 Å². The summed E-state index contributed by atoms with van der Waals surface area (Å²) in [5, 5.41) is 0. The van der Waals surface area contributed by atoms with Gasteiger partial charge in [-0.2, -0.15) is 13.2 Å². The third kappa shape index (κ3) is 2.17. The second-order valence-electron chi connectivity index (χ2n) is 5.08. The molecule has 1 aromatic rings. The summed E-state index contributed by atoms with van der Waals surface area (Å²) < 4.78 is 37.8. The summed E-state index contributed by atoms with van der Waals surface area (Å²) in [4.78, 5) is 2.25. The van der Waals surface area contributed by atoms with E-state index in [9.17, 15) is 13.2 Å². The number of halogens is 3. The minimum atomic E-state index is -4.25. The number of rotatable bonds is 2. The van der Waals surface area contributed by atoms with Crippen molar-refractivity contribution < 1.29 is 13.2 Å². The monoisotopic (exact) mass is 253 g/mol. The molecule has 0 N–H and O–H groups in total. The molecule has 1 saturated heterocycles. The number of hydrogen-bond donors (Lipinski definition) is 0. The maximum Gasteiger partial charge on any atom is 0.416 e. The van der Waals surface area contributed by atoms with Crippen molar-refractivity contribution in [2.75, 3.05) is 6.54 Å². The highest BCUT2D eigenvalue weighted by Crippen LogP contribution is 2.34. The van der Waals surface area contributed by atoms with Crippen LogP contribution < -0.4 is 0 Å². The summed E-state index contributed by atoms with van der Waals surface area (Å²) >= 11 is 0. The molecule has 2 atom stereocenters. The predicted octanol–water partition coefficient (Wildman–Crippen LogP) is 3.47. The molecule has 0 saturated carbocycles. The van der Waals surface area contributed by atoms with Crippen LogP contribution in [0.4, 0.5) is 13.2 Å². The van der Waals surface area contributed by atoms with Crippen LogP contribution in [0, 0.1) is 5.92 Å². The summed E-state index contributed by atoms with van der Waals surface area (Å²) in [6.45, 7) is 1.58. The van der Waals surface area contributed by atoms with Crippen molar-refractivity contribution in [1.82, 2.24) is 4.90 Å². The maximum absolute atomic E-state index is 12.6. The van der Waals surface area contributed by atoms with Crippen molar-refractivity contribution in [2.45, 2.75) is 25.2 Å². The van der Waals surface area contributed by atoms with Crippen LogP contribution in [0.5, 0.6) is 0 Å². The van der Waals surface area contributed by atoms with Crippen molar-refractivity contribution in [1.29, 1.82) is 0 Å². The van der Waals surface area contributed by atoms with Gasteiger partial charge < -0.3 is 0 Å². The molecule has 1 fully saturated rings. The van der Waals surface area contributed by atoms with Crippen LogP contribution in [-0.2, 0) is 12.7 Å². The van der Waals surface area contributed by atoms with Crippen LogP contribution in [-0.4, -0.2) is 17.5 Å². The number of likely N-dealkylation sites (tertiary alicyclic amines) is 1. The molecule has 0 aromatic heterocycles. The summed E-state index contributed by atoms with van der Waals surface area (Å²) in [5.74, 6) is 0.598. The third-order valence-corrected chi connectivity index (χ3v) is 3.73. The first-order valence-electron chi connectivity index (χ1n) is 6.11. The van der Waals surface area contributed by atoms with Gasteiger partial charge in [-0.1, -0.05) is 30.4 Å². The Hall–Kier alpha value is -1.29. The van der Waals surface area contributed by atoms with E-state index in [4.69, 9.17) is 0 Å². The lowest BCUT2D eigenvalue weighted by Gasteiger charge is -2.23. The molecule has 1 heterocycles. The fourth-order valence-corrected chi connectivity index (χ4v) is 2.86. The van der Waals surface area contributed by atoms with Gasteiger partial charge >= 0.3 is 6.18 Å². The zero-order chi connectivity index (χ0) is 12.8.